The molecule has 0 radical (unpaired) electrons. The van der Waals surface area contributed by atoms with Gasteiger partial charge in [-0.1, -0.05) is 18.9 Å². The molecule has 0 bridgehead atoms. The fourth-order valence-corrected chi connectivity index (χ4v) is 2.34. The summed E-state index contributed by atoms with van der Waals surface area (Å²) in [4.78, 5) is 4.09. The van der Waals surface area contributed by atoms with Crippen LogP contribution in [0.3, 0.4) is 0 Å². The maximum absolute atomic E-state index is 9.39. The molecule has 1 aliphatic rings. The molecule has 0 aliphatic heterocycles. The number of pyridine rings is 1. The molecule has 0 saturated heterocycles. The molecule has 1 aromatic heterocycles. The summed E-state index contributed by atoms with van der Waals surface area (Å²) in [5.74, 6) is 0.175. The first kappa shape index (κ1) is 11.6. The third-order valence-electron chi connectivity index (χ3n) is 3.38. The van der Waals surface area contributed by atoms with E-state index in [2.05, 4.69) is 10.3 Å². The SMILES string of the molecule is OCC(CNC1CCCC1)c1cccnc1. The minimum absolute atomic E-state index is 0.175. The Morgan fingerprint density at radius 2 is 2.25 bits per heavy atom. The smallest absolute Gasteiger partial charge is 0.0512 e. The molecule has 16 heavy (non-hydrogen) atoms. The van der Waals surface area contributed by atoms with E-state index in [1.165, 1.54) is 25.7 Å². The zero-order valence-corrected chi connectivity index (χ0v) is 9.60. The molecule has 0 amide bonds. The van der Waals surface area contributed by atoms with Gasteiger partial charge in [-0.2, -0.15) is 0 Å². The number of nitrogens with one attached hydrogen (secondary N) is 1. The molecule has 1 atom stereocenters. The topological polar surface area (TPSA) is 45.1 Å². The second-order valence-corrected chi connectivity index (χ2v) is 4.56. The molecule has 1 saturated carbocycles. The van der Waals surface area contributed by atoms with Crippen molar-refractivity contribution in [2.24, 2.45) is 0 Å². The first-order chi connectivity index (χ1) is 7.90. The van der Waals surface area contributed by atoms with Crippen molar-refractivity contribution in [1.82, 2.24) is 10.3 Å². The zero-order chi connectivity index (χ0) is 11.2. The Morgan fingerprint density at radius 1 is 1.44 bits per heavy atom. The highest BCUT2D eigenvalue weighted by atomic mass is 16.3. The molecule has 1 heterocycles. The lowest BCUT2D eigenvalue weighted by molar-refractivity contribution is 0.258. The maximum Gasteiger partial charge on any atom is 0.0512 e. The molecule has 2 N–H and O–H groups in total. The summed E-state index contributed by atoms with van der Waals surface area (Å²) in [5.41, 5.74) is 1.12. The first-order valence-electron chi connectivity index (χ1n) is 6.14. The Bertz CT molecular complexity index is 296. The van der Waals surface area contributed by atoms with Crippen LogP contribution in [0.5, 0.6) is 0 Å². The zero-order valence-electron chi connectivity index (χ0n) is 9.60. The van der Waals surface area contributed by atoms with Crippen molar-refractivity contribution in [2.45, 2.75) is 37.6 Å². The van der Waals surface area contributed by atoms with Gasteiger partial charge in [0.25, 0.3) is 0 Å². The lowest BCUT2D eigenvalue weighted by Crippen LogP contribution is -2.31. The van der Waals surface area contributed by atoms with Crippen molar-refractivity contribution in [3.63, 3.8) is 0 Å². The van der Waals surface area contributed by atoms with E-state index in [1.807, 2.05) is 18.3 Å². The third kappa shape index (κ3) is 3.03. The number of hydrogen-bond acceptors (Lipinski definition) is 3. The molecule has 2 rings (SSSR count). The predicted octanol–water partition coefficient (Wildman–Crippen LogP) is 1.69. The number of aliphatic hydroxyl groups is 1. The second kappa shape index (κ2) is 5.97. The number of aliphatic hydroxyl groups excluding tert-OH is 1. The normalized spacial score (nSPS) is 18.8. The van der Waals surface area contributed by atoms with Gasteiger partial charge in [-0.25, -0.2) is 0 Å². The van der Waals surface area contributed by atoms with E-state index in [0.29, 0.717) is 6.04 Å². The fourth-order valence-electron chi connectivity index (χ4n) is 2.34. The second-order valence-electron chi connectivity index (χ2n) is 4.56. The highest BCUT2D eigenvalue weighted by Crippen LogP contribution is 2.19. The minimum Gasteiger partial charge on any atom is -0.396 e. The Kier molecular flexibility index (Phi) is 4.31. The van der Waals surface area contributed by atoms with Crippen molar-refractivity contribution >= 4 is 0 Å². The van der Waals surface area contributed by atoms with Crippen LogP contribution in [0.1, 0.15) is 37.2 Å². The summed E-state index contributed by atoms with van der Waals surface area (Å²) in [7, 11) is 0. The monoisotopic (exact) mass is 220 g/mol. The van der Waals surface area contributed by atoms with Crippen LogP contribution in [0.4, 0.5) is 0 Å². The van der Waals surface area contributed by atoms with Crippen LogP contribution in [0, 0.1) is 0 Å². The van der Waals surface area contributed by atoms with Crippen molar-refractivity contribution in [1.29, 1.82) is 0 Å². The van der Waals surface area contributed by atoms with Gasteiger partial charge >= 0.3 is 0 Å². The molecular weight excluding hydrogens is 200 g/mol. The van der Waals surface area contributed by atoms with E-state index >= 15 is 0 Å². The van der Waals surface area contributed by atoms with Gasteiger partial charge in [0, 0.05) is 30.9 Å². The van der Waals surface area contributed by atoms with Gasteiger partial charge < -0.3 is 10.4 Å². The number of nitrogens with zero attached hydrogens (tertiary/aromatic N) is 1. The lowest BCUT2D eigenvalue weighted by Gasteiger charge is -2.18. The number of rotatable bonds is 5. The van der Waals surface area contributed by atoms with Crippen molar-refractivity contribution in [3.05, 3.63) is 30.1 Å². The molecular formula is C13H20N2O. The van der Waals surface area contributed by atoms with Crippen LogP contribution >= 0.6 is 0 Å². The fraction of sp³-hybridized carbons (Fsp3) is 0.615. The molecule has 1 fully saturated rings. The Morgan fingerprint density at radius 3 is 2.88 bits per heavy atom. The van der Waals surface area contributed by atoms with Crippen molar-refractivity contribution < 1.29 is 5.11 Å². The average Bonchev–Trinajstić information content (AvgIpc) is 2.84. The molecule has 1 aromatic rings. The highest BCUT2D eigenvalue weighted by molar-refractivity contribution is 5.15. The van der Waals surface area contributed by atoms with Crippen LogP contribution in [0.25, 0.3) is 0 Å². The van der Waals surface area contributed by atoms with Crippen molar-refractivity contribution in [2.75, 3.05) is 13.2 Å². The Balaban J connectivity index is 1.85. The van der Waals surface area contributed by atoms with E-state index < -0.39 is 0 Å². The van der Waals surface area contributed by atoms with Gasteiger partial charge in [-0.15, -0.1) is 0 Å². The van der Waals surface area contributed by atoms with E-state index in [0.717, 1.165) is 12.1 Å². The van der Waals surface area contributed by atoms with E-state index in [4.69, 9.17) is 0 Å². The van der Waals surface area contributed by atoms with Crippen LogP contribution in [-0.2, 0) is 0 Å². The summed E-state index contributed by atoms with van der Waals surface area (Å²) < 4.78 is 0. The summed E-state index contributed by atoms with van der Waals surface area (Å²) >= 11 is 0. The van der Waals surface area contributed by atoms with E-state index in [9.17, 15) is 5.11 Å². The number of aromatic nitrogens is 1. The van der Waals surface area contributed by atoms with Gasteiger partial charge in [-0.3, -0.25) is 4.98 Å². The third-order valence-corrected chi connectivity index (χ3v) is 3.38. The summed E-state index contributed by atoms with van der Waals surface area (Å²) in [6.45, 7) is 1.04. The molecule has 0 aromatic carbocycles. The first-order valence-corrected chi connectivity index (χ1v) is 6.14. The van der Waals surface area contributed by atoms with Crippen LogP contribution < -0.4 is 5.32 Å². The largest absolute Gasteiger partial charge is 0.396 e. The average molecular weight is 220 g/mol. The summed E-state index contributed by atoms with van der Waals surface area (Å²) in [6.07, 6.45) is 8.86. The van der Waals surface area contributed by atoms with Crippen molar-refractivity contribution in [3.8, 4) is 0 Å². The molecule has 1 unspecified atom stereocenters. The van der Waals surface area contributed by atoms with Crippen LogP contribution in [-0.4, -0.2) is 29.3 Å². The van der Waals surface area contributed by atoms with Gasteiger partial charge in [0.1, 0.15) is 0 Å². The van der Waals surface area contributed by atoms with E-state index in [1.54, 1.807) is 6.20 Å². The summed E-state index contributed by atoms with van der Waals surface area (Å²) in [5, 5.41) is 12.9. The molecule has 1 aliphatic carbocycles. The molecule has 3 nitrogen and oxygen atoms in total. The Hall–Kier alpha value is -0.930. The van der Waals surface area contributed by atoms with Crippen LogP contribution in [0.15, 0.2) is 24.5 Å². The maximum atomic E-state index is 9.39. The molecule has 88 valence electrons. The van der Waals surface area contributed by atoms with Gasteiger partial charge in [0.15, 0.2) is 0 Å². The summed E-state index contributed by atoms with van der Waals surface area (Å²) in [6, 6.07) is 4.61. The molecule has 0 spiro atoms. The minimum atomic E-state index is 0.175. The van der Waals surface area contributed by atoms with Gasteiger partial charge in [-0.05, 0) is 24.5 Å². The predicted molar refractivity (Wildman–Crippen MR) is 64.3 cm³/mol. The van der Waals surface area contributed by atoms with Crippen LogP contribution in [0.2, 0.25) is 0 Å². The quantitative estimate of drug-likeness (QED) is 0.793. The number of hydrogen-bond donors (Lipinski definition) is 2. The lowest BCUT2D eigenvalue weighted by atomic mass is 10.0. The van der Waals surface area contributed by atoms with Gasteiger partial charge in [0.2, 0.25) is 0 Å². The van der Waals surface area contributed by atoms with E-state index in [-0.39, 0.29) is 12.5 Å². The molecule has 3 heteroatoms. The standard InChI is InChI=1S/C13H20N2O/c16-10-12(11-4-3-7-14-8-11)9-15-13-5-1-2-6-13/h3-4,7-8,12-13,15-16H,1-2,5-6,9-10H2. The highest BCUT2D eigenvalue weighted by Gasteiger charge is 2.17. The Labute approximate surface area is 96.9 Å². The van der Waals surface area contributed by atoms with Gasteiger partial charge in [0.05, 0.1) is 6.61 Å².